The highest BCUT2D eigenvalue weighted by Gasteiger charge is 2.47. The van der Waals surface area contributed by atoms with Gasteiger partial charge in [0.15, 0.2) is 9.84 Å². The Morgan fingerprint density at radius 3 is 1.73 bits per heavy atom. The van der Waals surface area contributed by atoms with Crippen LogP contribution in [-0.4, -0.2) is 20.6 Å². The zero-order valence-corrected chi connectivity index (χ0v) is 21.6. The third-order valence-electron chi connectivity index (χ3n) is 6.20. The molecule has 0 spiro atoms. The number of rotatable bonds is 7. The number of nitrogens with zero attached hydrogens (tertiary/aromatic N) is 1. The van der Waals surface area contributed by atoms with Crippen LogP contribution in [0.25, 0.3) is 0 Å². The number of para-hydroxylation sites is 1. The number of amides is 1. The van der Waals surface area contributed by atoms with E-state index < -0.39 is 27.9 Å². The van der Waals surface area contributed by atoms with Gasteiger partial charge in [-0.25, -0.2) is 8.42 Å². The number of sulfone groups is 1. The zero-order chi connectivity index (χ0) is 26.0. The lowest BCUT2D eigenvalue weighted by Crippen LogP contribution is -2.31. The second-order valence-corrected chi connectivity index (χ2v) is 11.2. The van der Waals surface area contributed by atoms with Crippen LogP contribution in [0.2, 0.25) is 5.02 Å². The second kappa shape index (κ2) is 10.2. The summed E-state index contributed by atoms with van der Waals surface area (Å²) in [4.78, 5) is 15.5. The van der Waals surface area contributed by atoms with E-state index in [1.165, 1.54) is 4.90 Å². The predicted octanol–water partition coefficient (Wildman–Crippen LogP) is 6.49. The number of anilines is 1. The molecule has 7 heteroatoms. The third kappa shape index (κ3) is 5.03. The molecule has 1 atom stereocenters. The van der Waals surface area contributed by atoms with E-state index in [1.807, 2.05) is 66.7 Å². The largest absolute Gasteiger partial charge is 0.474 e. The minimum Gasteiger partial charge on any atom is -0.474 e. The van der Waals surface area contributed by atoms with Gasteiger partial charge >= 0.3 is 0 Å². The van der Waals surface area contributed by atoms with E-state index in [-0.39, 0.29) is 10.7 Å². The number of hydrogen-bond acceptors (Lipinski definition) is 4. The maximum atomic E-state index is 14.1. The molecule has 1 aliphatic rings. The summed E-state index contributed by atoms with van der Waals surface area (Å²) in [6, 6.07) is 33.8. The predicted molar refractivity (Wildman–Crippen MR) is 146 cm³/mol. The van der Waals surface area contributed by atoms with E-state index in [4.69, 9.17) is 16.3 Å². The molecule has 37 heavy (non-hydrogen) atoms. The third-order valence-corrected chi connectivity index (χ3v) is 7.66. The van der Waals surface area contributed by atoms with E-state index in [0.29, 0.717) is 16.3 Å². The number of carbonyl (C=O) groups excluding carboxylic acids is 1. The maximum Gasteiger partial charge on any atom is 0.295 e. The van der Waals surface area contributed by atoms with Crippen LogP contribution in [0.5, 0.6) is 0 Å². The second-order valence-electron chi connectivity index (χ2n) is 8.75. The number of hydrogen-bond donors (Lipinski definition) is 0. The molecule has 1 amide bonds. The van der Waals surface area contributed by atoms with Crippen LogP contribution in [-0.2, 0) is 19.4 Å². The van der Waals surface area contributed by atoms with Crippen molar-refractivity contribution in [3.63, 3.8) is 0 Å². The molecule has 4 aromatic carbocycles. The van der Waals surface area contributed by atoms with Crippen LogP contribution in [0.1, 0.15) is 28.8 Å². The molecule has 1 aliphatic heterocycles. The fraction of sp³-hybridized carbons (Fsp3) is 0.100. The Kier molecular flexibility index (Phi) is 6.87. The molecule has 186 valence electrons. The molecular weight excluding hydrogens is 506 g/mol. The first-order valence-electron chi connectivity index (χ1n) is 11.7. The van der Waals surface area contributed by atoms with Gasteiger partial charge in [0.2, 0.25) is 5.76 Å². The maximum absolute atomic E-state index is 14.1. The molecule has 1 unspecified atom stereocenters. The molecule has 0 saturated carbocycles. The fourth-order valence-corrected chi connectivity index (χ4v) is 5.80. The molecule has 0 saturated heterocycles. The van der Waals surface area contributed by atoms with Gasteiger partial charge in [0.1, 0.15) is 17.1 Å². The lowest BCUT2D eigenvalue weighted by Gasteiger charge is -2.26. The van der Waals surface area contributed by atoms with E-state index in [9.17, 15) is 13.2 Å². The molecule has 0 radical (unpaired) electrons. The minimum absolute atomic E-state index is 0.0828. The first kappa shape index (κ1) is 24.8. The van der Waals surface area contributed by atoms with Crippen LogP contribution in [0.15, 0.2) is 126 Å². The molecule has 0 N–H and O–H groups in total. The van der Waals surface area contributed by atoms with Gasteiger partial charge in [-0.3, -0.25) is 9.69 Å². The quantitative estimate of drug-likeness (QED) is 0.274. The van der Waals surface area contributed by atoms with E-state index in [1.54, 1.807) is 48.5 Å². The molecule has 1 heterocycles. The normalized spacial score (nSPS) is 15.9. The van der Waals surface area contributed by atoms with Crippen molar-refractivity contribution in [2.45, 2.75) is 12.1 Å². The van der Waals surface area contributed by atoms with Crippen molar-refractivity contribution >= 4 is 33.0 Å². The Bertz CT molecular complexity index is 1500. The highest BCUT2D eigenvalue weighted by molar-refractivity contribution is 7.94. The Labute approximate surface area is 221 Å². The highest BCUT2D eigenvalue weighted by Crippen LogP contribution is 2.45. The van der Waals surface area contributed by atoms with Crippen molar-refractivity contribution in [1.29, 1.82) is 0 Å². The van der Waals surface area contributed by atoms with Gasteiger partial charge in [-0.15, -0.1) is 0 Å². The van der Waals surface area contributed by atoms with Crippen LogP contribution >= 0.6 is 11.6 Å². The van der Waals surface area contributed by atoms with Crippen molar-refractivity contribution < 1.29 is 17.9 Å². The SMILES string of the molecule is CS(=O)(=O)C1=C(OC(c2ccccc2)c2ccccc2)C(=O)N(c2ccccc2)C1c1ccc(Cl)cc1. The summed E-state index contributed by atoms with van der Waals surface area (Å²) in [7, 11) is -3.88. The first-order chi connectivity index (χ1) is 17.8. The average molecular weight is 530 g/mol. The van der Waals surface area contributed by atoms with Gasteiger partial charge in [0, 0.05) is 17.0 Å². The van der Waals surface area contributed by atoms with Gasteiger partial charge in [0.25, 0.3) is 5.91 Å². The van der Waals surface area contributed by atoms with Crippen LogP contribution in [0, 0.1) is 0 Å². The van der Waals surface area contributed by atoms with Crippen LogP contribution in [0.3, 0.4) is 0 Å². The lowest BCUT2D eigenvalue weighted by molar-refractivity contribution is -0.118. The standard InChI is InChI=1S/C30H24ClNO4S/c1-37(34,35)29-26(21-17-19-24(31)20-18-21)32(25-15-9-4-10-16-25)30(33)28(29)36-27(22-11-5-2-6-12-22)23-13-7-3-8-14-23/h2-20,26-27H,1H3. The van der Waals surface area contributed by atoms with Crippen molar-refractivity contribution in [3.05, 3.63) is 148 Å². The Hall–Kier alpha value is -3.87. The summed E-state index contributed by atoms with van der Waals surface area (Å²) in [5.41, 5.74) is 2.76. The lowest BCUT2D eigenvalue weighted by atomic mass is 10.0. The van der Waals surface area contributed by atoms with E-state index >= 15 is 0 Å². The van der Waals surface area contributed by atoms with Crippen molar-refractivity contribution in [1.82, 2.24) is 0 Å². The zero-order valence-electron chi connectivity index (χ0n) is 20.0. The first-order valence-corrected chi connectivity index (χ1v) is 14.0. The smallest absolute Gasteiger partial charge is 0.295 e. The van der Waals surface area contributed by atoms with Gasteiger partial charge in [-0.05, 0) is 41.0 Å². The number of ether oxygens (including phenoxy) is 1. The summed E-state index contributed by atoms with van der Waals surface area (Å²) >= 11 is 6.12. The summed E-state index contributed by atoms with van der Waals surface area (Å²) < 4.78 is 33.1. The Morgan fingerprint density at radius 1 is 0.757 bits per heavy atom. The van der Waals surface area contributed by atoms with E-state index in [2.05, 4.69) is 0 Å². The molecule has 0 bridgehead atoms. The van der Waals surface area contributed by atoms with Crippen molar-refractivity contribution in [2.75, 3.05) is 11.2 Å². The topological polar surface area (TPSA) is 63.7 Å². The number of carbonyl (C=O) groups is 1. The monoisotopic (exact) mass is 529 g/mol. The minimum atomic E-state index is -3.88. The van der Waals surface area contributed by atoms with Crippen LogP contribution < -0.4 is 4.90 Å². The van der Waals surface area contributed by atoms with Gasteiger partial charge in [0.05, 0.1) is 0 Å². The molecule has 0 aliphatic carbocycles. The summed E-state index contributed by atoms with van der Waals surface area (Å²) in [5.74, 6) is -0.715. The highest BCUT2D eigenvalue weighted by atomic mass is 35.5. The van der Waals surface area contributed by atoms with Gasteiger partial charge in [-0.1, -0.05) is 103 Å². The van der Waals surface area contributed by atoms with Gasteiger partial charge < -0.3 is 4.74 Å². The Morgan fingerprint density at radius 2 is 1.24 bits per heavy atom. The molecular formula is C30H24ClNO4S. The summed E-state index contributed by atoms with van der Waals surface area (Å²) in [5, 5.41) is 0.508. The van der Waals surface area contributed by atoms with Gasteiger partial charge in [-0.2, -0.15) is 0 Å². The van der Waals surface area contributed by atoms with Crippen molar-refractivity contribution in [3.8, 4) is 0 Å². The fourth-order valence-electron chi connectivity index (χ4n) is 4.56. The average Bonchev–Trinajstić information content (AvgIpc) is 3.21. The molecule has 5 nitrogen and oxygen atoms in total. The number of benzene rings is 4. The Balaban J connectivity index is 1.72. The van der Waals surface area contributed by atoms with Crippen molar-refractivity contribution in [2.24, 2.45) is 0 Å². The summed E-state index contributed by atoms with van der Waals surface area (Å²) in [6.45, 7) is 0. The summed E-state index contributed by atoms with van der Waals surface area (Å²) in [6.07, 6.45) is 0.413. The number of halogens is 1. The molecule has 5 rings (SSSR count). The molecule has 4 aromatic rings. The van der Waals surface area contributed by atoms with Crippen LogP contribution in [0.4, 0.5) is 5.69 Å². The molecule has 0 fully saturated rings. The molecule has 0 aromatic heterocycles. The van der Waals surface area contributed by atoms with E-state index in [0.717, 1.165) is 17.4 Å².